The molecule has 0 radical (unpaired) electrons. The fourth-order valence-electron chi connectivity index (χ4n) is 1.47. The van der Waals surface area contributed by atoms with Crippen LogP contribution >= 0.6 is 0 Å². The molecule has 0 amide bonds. The zero-order chi connectivity index (χ0) is 9.64. The van der Waals surface area contributed by atoms with Crippen molar-refractivity contribution in [2.45, 2.75) is 19.3 Å². The van der Waals surface area contributed by atoms with Crippen LogP contribution in [0.1, 0.15) is 19.3 Å². The van der Waals surface area contributed by atoms with Gasteiger partial charge in [0.15, 0.2) is 0 Å². The highest BCUT2D eigenvalue weighted by molar-refractivity contribution is 5.62. The summed E-state index contributed by atoms with van der Waals surface area (Å²) in [5.41, 5.74) is 2.37. The first-order valence-electron chi connectivity index (χ1n) is 4.89. The number of azo groups is 1. The summed E-state index contributed by atoms with van der Waals surface area (Å²) in [6.07, 6.45) is 12.8. The van der Waals surface area contributed by atoms with Crippen LogP contribution in [0, 0.1) is 0 Å². The van der Waals surface area contributed by atoms with Gasteiger partial charge in [-0.3, -0.25) is 4.99 Å². The summed E-state index contributed by atoms with van der Waals surface area (Å²) >= 11 is 0. The van der Waals surface area contributed by atoms with Gasteiger partial charge in [-0.2, -0.15) is 10.2 Å². The van der Waals surface area contributed by atoms with E-state index < -0.39 is 0 Å². The van der Waals surface area contributed by atoms with Gasteiger partial charge in [-0.25, -0.2) is 0 Å². The molecule has 2 rings (SSSR count). The SMILES string of the molecule is C1=CN=CCC2=C(/C=C\C1)N=NCC2. The van der Waals surface area contributed by atoms with Crippen LogP contribution in [-0.4, -0.2) is 12.8 Å². The molecule has 2 heterocycles. The molecule has 0 saturated carbocycles. The third-order valence-corrected chi connectivity index (χ3v) is 2.24. The van der Waals surface area contributed by atoms with E-state index in [9.17, 15) is 0 Å². The summed E-state index contributed by atoms with van der Waals surface area (Å²) < 4.78 is 0. The second-order valence-electron chi connectivity index (χ2n) is 3.26. The molecule has 0 aromatic carbocycles. The Morgan fingerprint density at radius 2 is 2.21 bits per heavy atom. The molecule has 0 fully saturated rings. The molecule has 0 unspecified atom stereocenters. The fourth-order valence-corrected chi connectivity index (χ4v) is 1.47. The lowest BCUT2D eigenvalue weighted by Gasteiger charge is -2.09. The second kappa shape index (κ2) is 4.65. The summed E-state index contributed by atoms with van der Waals surface area (Å²) in [6, 6.07) is 0. The van der Waals surface area contributed by atoms with Gasteiger partial charge in [0, 0.05) is 18.8 Å². The first-order chi connectivity index (χ1) is 6.97. The second-order valence-corrected chi connectivity index (χ2v) is 3.26. The summed E-state index contributed by atoms with van der Waals surface area (Å²) in [4.78, 5) is 4.18. The van der Waals surface area contributed by atoms with Gasteiger partial charge >= 0.3 is 0 Å². The van der Waals surface area contributed by atoms with Crippen molar-refractivity contribution in [2.75, 3.05) is 6.54 Å². The highest BCUT2D eigenvalue weighted by Crippen LogP contribution is 2.20. The average Bonchev–Trinajstić information content (AvgIpc) is 2.25. The summed E-state index contributed by atoms with van der Waals surface area (Å²) in [5.74, 6) is 0. The first kappa shape index (κ1) is 9.06. The molecule has 0 atom stereocenters. The number of hydrogen-bond acceptors (Lipinski definition) is 3. The van der Waals surface area contributed by atoms with E-state index in [1.165, 1.54) is 5.57 Å². The van der Waals surface area contributed by atoms with Crippen molar-refractivity contribution in [3.05, 3.63) is 35.7 Å². The predicted octanol–water partition coefficient (Wildman–Crippen LogP) is 3.03. The maximum absolute atomic E-state index is 4.18. The van der Waals surface area contributed by atoms with Gasteiger partial charge in [0.25, 0.3) is 0 Å². The number of hydrogen-bond donors (Lipinski definition) is 0. The van der Waals surface area contributed by atoms with Crippen molar-refractivity contribution < 1.29 is 0 Å². The van der Waals surface area contributed by atoms with Gasteiger partial charge in [0.2, 0.25) is 0 Å². The Bertz CT molecular complexity index is 346. The average molecular weight is 187 g/mol. The van der Waals surface area contributed by atoms with E-state index in [1.807, 2.05) is 18.5 Å². The van der Waals surface area contributed by atoms with Gasteiger partial charge in [0.05, 0.1) is 12.2 Å². The van der Waals surface area contributed by atoms with Gasteiger partial charge in [-0.1, -0.05) is 12.2 Å². The maximum atomic E-state index is 4.18. The van der Waals surface area contributed by atoms with Gasteiger partial charge in [-0.15, -0.1) is 0 Å². The monoisotopic (exact) mass is 187 g/mol. The standard InChI is InChI=1S/C11H13N3/c1-2-4-11-10(6-9-13-14-11)5-8-12-7-3-1/h2-4,7-8H,1,5-6,9H2/b4-2-,7-3?,12-8?. The Labute approximate surface area is 83.7 Å². The van der Waals surface area contributed by atoms with Gasteiger partial charge in [-0.05, 0) is 24.5 Å². The first-order valence-corrected chi connectivity index (χ1v) is 4.89. The van der Waals surface area contributed by atoms with Crippen LogP contribution in [-0.2, 0) is 0 Å². The number of nitrogens with zero attached hydrogens (tertiary/aromatic N) is 3. The van der Waals surface area contributed by atoms with E-state index in [2.05, 4.69) is 27.4 Å². The minimum absolute atomic E-state index is 0.816. The van der Waals surface area contributed by atoms with E-state index in [1.54, 1.807) is 0 Å². The molecule has 72 valence electrons. The molecular formula is C11H13N3. The highest BCUT2D eigenvalue weighted by Gasteiger charge is 2.07. The van der Waals surface area contributed by atoms with Crippen LogP contribution in [0.3, 0.4) is 0 Å². The van der Waals surface area contributed by atoms with E-state index in [0.717, 1.165) is 31.5 Å². The third kappa shape index (κ3) is 2.25. The number of aliphatic imine (C=N–C) groups is 1. The quantitative estimate of drug-likeness (QED) is 0.559. The topological polar surface area (TPSA) is 37.1 Å². The fraction of sp³-hybridized carbons (Fsp3) is 0.364. The minimum atomic E-state index is 0.816. The lowest BCUT2D eigenvalue weighted by Crippen LogP contribution is -1.97. The largest absolute Gasteiger partial charge is 0.269 e. The maximum Gasteiger partial charge on any atom is 0.0845 e. The summed E-state index contributed by atoms with van der Waals surface area (Å²) in [7, 11) is 0. The molecule has 0 aromatic rings. The van der Waals surface area contributed by atoms with Crippen molar-refractivity contribution >= 4 is 6.21 Å². The van der Waals surface area contributed by atoms with Crippen LogP contribution in [0.25, 0.3) is 0 Å². The lowest BCUT2D eigenvalue weighted by molar-refractivity contribution is 0.812. The Kier molecular flexibility index (Phi) is 3.01. The van der Waals surface area contributed by atoms with Crippen LogP contribution in [0.2, 0.25) is 0 Å². The minimum Gasteiger partial charge on any atom is -0.269 e. The van der Waals surface area contributed by atoms with Crippen LogP contribution in [0.15, 0.2) is 50.9 Å². The Morgan fingerprint density at radius 3 is 3.21 bits per heavy atom. The Hall–Kier alpha value is -1.51. The molecule has 14 heavy (non-hydrogen) atoms. The third-order valence-electron chi connectivity index (χ3n) is 2.24. The smallest absolute Gasteiger partial charge is 0.0845 e. The molecule has 0 spiro atoms. The van der Waals surface area contributed by atoms with Crippen molar-refractivity contribution in [3.63, 3.8) is 0 Å². The molecule has 3 nitrogen and oxygen atoms in total. The van der Waals surface area contributed by atoms with Crippen molar-refractivity contribution in [3.8, 4) is 0 Å². The Balaban J connectivity index is 2.24. The molecule has 3 heteroatoms. The van der Waals surface area contributed by atoms with E-state index >= 15 is 0 Å². The van der Waals surface area contributed by atoms with Gasteiger partial charge in [0.1, 0.15) is 0 Å². The summed E-state index contributed by atoms with van der Waals surface area (Å²) in [5, 5.41) is 8.20. The van der Waals surface area contributed by atoms with Crippen LogP contribution in [0.5, 0.6) is 0 Å². The summed E-state index contributed by atoms with van der Waals surface area (Å²) in [6.45, 7) is 0.816. The van der Waals surface area contributed by atoms with Crippen molar-refractivity contribution in [2.24, 2.45) is 15.2 Å². The number of rotatable bonds is 0. The molecule has 0 aromatic heterocycles. The molecule has 0 saturated heterocycles. The van der Waals surface area contributed by atoms with Crippen molar-refractivity contribution in [1.82, 2.24) is 0 Å². The predicted molar refractivity (Wildman–Crippen MR) is 57.4 cm³/mol. The van der Waals surface area contributed by atoms with E-state index in [-0.39, 0.29) is 0 Å². The zero-order valence-electron chi connectivity index (χ0n) is 8.06. The van der Waals surface area contributed by atoms with Crippen molar-refractivity contribution in [1.29, 1.82) is 0 Å². The van der Waals surface area contributed by atoms with E-state index in [0.29, 0.717) is 0 Å². The lowest BCUT2D eigenvalue weighted by atomic mass is 10.1. The Morgan fingerprint density at radius 1 is 1.21 bits per heavy atom. The molecule has 0 N–H and O–H groups in total. The molecule has 0 bridgehead atoms. The molecule has 0 aliphatic carbocycles. The number of allylic oxidation sites excluding steroid dienone is 3. The zero-order valence-corrected chi connectivity index (χ0v) is 8.06. The molecular weight excluding hydrogens is 174 g/mol. The van der Waals surface area contributed by atoms with E-state index in [4.69, 9.17) is 0 Å². The highest BCUT2D eigenvalue weighted by atomic mass is 15.1. The normalized spacial score (nSPS) is 23.4. The van der Waals surface area contributed by atoms with Crippen LogP contribution in [0.4, 0.5) is 0 Å². The molecule has 2 aliphatic heterocycles. The van der Waals surface area contributed by atoms with Crippen LogP contribution < -0.4 is 0 Å². The van der Waals surface area contributed by atoms with Gasteiger partial charge < -0.3 is 0 Å². The molecule has 2 aliphatic rings.